The van der Waals surface area contributed by atoms with E-state index in [-0.39, 0.29) is 23.7 Å². The molecule has 0 aromatic heterocycles. The van der Waals surface area contributed by atoms with Crippen LogP contribution in [-0.2, 0) is 16.0 Å². The number of nitrogens with one attached hydrogen (secondary N) is 1. The Morgan fingerprint density at radius 3 is 2.23 bits per heavy atom. The van der Waals surface area contributed by atoms with Crippen LogP contribution in [0.15, 0.2) is 54.6 Å². The van der Waals surface area contributed by atoms with E-state index in [9.17, 15) is 19.2 Å². The van der Waals surface area contributed by atoms with Crippen LogP contribution < -0.4 is 5.32 Å². The van der Waals surface area contributed by atoms with Crippen molar-refractivity contribution in [1.82, 2.24) is 15.1 Å². The number of nitrogens with zero attached hydrogens (tertiary/aromatic N) is 2. The fourth-order valence-electron chi connectivity index (χ4n) is 4.99. The molecule has 5 rings (SSSR count). The first kappa shape index (κ1) is 19.5. The monoisotopic (exact) mass is 417 g/mol. The number of likely N-dealkylation sites (tertiary alicyclic amines) is 1. The van der Waals surface area contributed by atoms with Gasteiger partial charge in [0.2, 0.25) is 11.8 Å². The lowest BCUT2D eigenvalue weighted by Gasteiger charge is -2.30. The molecule has 1 N–H and O–H groups in total. The van der Waals surface area contributed by atoms with Crippen molar-refractivity contribution in [2.75, 3.05) is 19.6 Å². The highest BCUT2D eigenvalue weighted by molar-refractivity contribution is 6.22. The Morgan fingerprint density at radius 1 is 0.968 bits per heavy atom. The summed E-state index contributed by atoms with van der Waals surface area (Å²) < 4.78 is 0. The second kappa shape index (κ2) is 7.34. The Morgan fingerprint density at radius 2 is 1.61 bits per heavy atom. The maximum Gasteiger partial charge on any atom is 0.262 e. The minimum Gasteiger partial charge on any atom is -0.355 e. The van der Waals surface area contributed by atoms with Crippen LogP contribution in [0.3, 0.4) is 0 Å². The summed E-state index contributed by atoms with van der Waals surface area (Å²) in [4.78, 5) is 54.5. The van der Waals surface area contributed by atoms with E-state index in [1.165, 1.54) is 0 Å². The highest BCUT2D eigenvalue weighted by Gasteiger charge is 2.49. The number of carbonyl (C=O) groups excluding carboxylic acids is 4. The Kier molecular flexibility index (Phi) is 4.61. The third-order valence-corrected chi connectivity index (χ3v) is 6.64. The van der Waals surface area contributed by atoms with E-state index in [2.05, 4.69) is 5.32 Å². The lowest BCUT2D eigenvalue weighted by Crippen LogP contribution is -2.52. The molecule has 2 aromatic rings. The molecule has 0 aliphatic carbocycles. The van der Waals surface area contributed by atoms with Gasteiger partial charge in [-0.25, -0.2) is 0 Å². The third-order valence-electron chi connectivity index (χ3n) is 6.64. The number of hydrogen-bond donors (Lipinski definition) is 1. The van der Waals surface area contributed by atoms with Crippen LogP contribution in [0.5, 0.6) is 0 Å². The summed E-state index contributed by atoms with van der Waals surface area (Å²) in [5.41, 5.74) is 1.30. The maximum atomic E-state index is 13.7. The molecule has 0 radical (unpaired) electrons. The van der Waals surface area contributed by atoms with Crippen LogP contribution in [0, 0.1) is 5.41 Å². The van der Waals surface area contributed by atoms with Crippen molar-refractivity contribution >= 4 is 23.6 Å². The van der Waals surface area contributed by atoms with Crippen LogP contribution in [0.2, 0.25) is 0 Å². The predicted molar refractivity (Wildman–Crippen MR) is 112 cm³/mol. The van der Waals surface area contributed by atoms with Crippen molar-refractivity contribution in [3.05, 3.63) is 71.3 Å². The highest BCUT2D eigenvalue weighted by atomic mass is 16.2. The van der Waals surface area contributed by atoms with Gasteiger partial charge in [-0.15, -0.1) is 0 Å². The molecule has 1 spiro atoms. The number of rotatable bonds is 4. The van der Waals surface area contributed by atoms with E-state index < -0.39 is 17.9 Å². The molecule has 3 heterocycles. The number of carbonyl (C=O) groups is 4. The topological polar surface area (TPSA) is 86.8 Å². The molecular weight excluding hydrogens is 394 g/mol. The molecule has 2 aromatic carbocycles. The zero-order valence-electron chi connectivity index (χ0n) is 17.0. The molecule has 2 atom stereocenters. The summed E-state index contributed by atoms with van der Waals surface area (Å²) in [6.45, 7) is 1.53. The molecule has 31 heavy (non-hydrogen) atoms. The molecule has 7 nitrogen and oxygen atoms in total. The molecule has 4 amide bonds. The normalized spacial score (nSPS) is 23.4. The maximum absolute atomic E-state index is 13.7. The van der Waals surface area contributed by atoms with Crippen molar-refractivity contribution < 1.29 is 19.2 Å². The standard InChI is InChI=1S/C24H23N3O4/c28-20-13-24(14-25-20)10-11-26(15-24)23(31)19(12-16-6-2-1-3-7-16)27-21(29)17-8-4-5-9-18(17)22(27)30/h1-9,19H,10-15H2,(H,25,28). The zero-order valence-corrected chi connectivity index (χ0v) is 17.0. The van der Waals surface area contributed by atoms with E-state index >= 15 is 0 Å². The van der Waals surface area contributed by atoms with Crippen LogP contribution >= 0.6 is 0 Å². The predicted octanol–water partition coefficient (Wildman–Crippen LogP) is 1.63. The third kappa shape index (κ3) is 3.30. The van der Waals surface area contributed by atoms with E-state index in [0.29, 0.717) is 37.2 Å². The van der Waals surface area contributed by atoms with Gasteiger partial charge >= 0.3 is 0 Å². The van der Waals surface area contributed by atoms with Gasteiger partial charge in [-0.3, -0.25) is 24.1 Å². The Bertz CT molecular complexity index is 1050. The molecular formula is C24H23N3O4. The van der Waals surface area contributed by atoms with E-state index in [1.54, 1.807) is 29.2 Å². The number of hydrogen-bond acceptors (Lipinski definition) is 4. The van der Waals surface area contributed by atoms with Crippen molar-refractivity contribution in [2.24, 2.45) is 5.41 Å². The van der Waals surface area contributed by atoms with Crippen molar-refractivity contribution in [2.45, 2.75) is 25.3 Å². The minimum atomic E-state index is -0.921. The number of benzene rings is 2. The Labute approximate surface area is 180 Å². The first-order valence-corrected chi connectivity index (χ1v) is 10.5. The van der Waals surface area contributed by atoms with E-state index in [1.807, 2.05) is 30.3 Å². The first-order valence-electron chi connectivity index (χ1n) is 10.5. The smallest absolute Gasteiger partial charge is 0.262 e. The van der Waals surface area contributed by atoms with Crippen LogP contribution in [0.4, 0.5) is 0 Å². The summed E-state index contributed by atoms with van der Waals surface area (Å²) in [6, 6.07) is 15.2. The molecule has 158 valence electrons. The molecule has 2 fully saturated rings. The van der Waals surface area contributed by atoms with Gasteiger partial charge in [0.05, 0.1) is 11.1 Å². The number of fused-ring (bicyclic) bond motifs is 1. The summed E-state index contributed by atoms with van der Waals surface area (Å²) >= 11 is 0. The average Bonchev–Trinajstić information content (AvgIpc) is 3.44. The Balaban J connectivity index is 1.46. The van der Waals surface area contributed by atoms with Gasteiger partial charge in [-0.05, 0) is 24.1 Å². The van der Waals surface area contributed by atoms with E-state index in [0.717, 1.165) is 16.9 Å². The second-order valence-corrected chi connectivity index (χ2v) is 8.69. The molecule has 2 saturated heterocycles. The molecule has 2 unspecified atom stereocenters. The van der Waals surface area contributed by atoms with Gasteiger partial charge in [0.15, 0.2) is 0 Å². The fourth-order valence-corrected chi connectivity index (χ4v) is 4.99. The van der Waals surface area contributed by atoms with Gasteiger partial charge in [0.25, 0.3) is 11.8 Å². The van der Waals surface area contributed by atoms with E-state index in [4.69, 9.17) is 0 Å². The summed E-state index contributed by atoms with van der Waals surface area (Å²) in [7, 11) is 0. The SMILES string of the molecule is O=C1CC2(CCN(C(=O)C(Cc3ccccc3)N3C(=O)c4ccccc4C3=O)C2)CN1. The van der Waals surface area contributed by atoms with Gasteiger partial charge in [0, 0.05) is 37.9 Å². The molecule has 3 aliphatic rings. The van der Waals surface area contributed by atoms with Gasteiger partial charge < -0.3 is 10.2 Å². The summed E-state index contributed by atoms with van der Waals surface area (Å²) in [5.74, 6) is -1.09. The van der Waals surface area contributed by atoms with Crippen molar-refractivity contribution in [3.8, 4) is 0 Å². The molecule has 7 heteroatoms. The van der Waals surface area contributed by atoms with Gasteiger partial charge in [-0.1, -0.05) is 42.5 Å². The number of amides is 4. The summed E-state index contributed by atoms with van der Waals surface area (Å²) in [6.07, 6.45) is 1.40. The molecule has 3 aliphatic heterocycles. The van der Waals surface area contributed by atoms with Crippen molar-refractivity contribution in [1.29, 1.82) is 0 Å². The first-order chi connectivity index (χ1) is 15.0. The summed E-state index contributed by atoms with van der Waals surface area (Å²) in [5, 5.41) is 2.87. The highest BCUT2D eigenvalue weighted by Crippen LogP contribution is 2.37. The molecule has 0 saturated carbocycles. The lowest BCUT2D eigenvalue weighted by atomic mass is 9.86. The second-order valence-electron chi connectivity index (χ2n) is 8.69. The fraction of sp³-hybridized carbons (Fsp3) is 0.333. The zero-order chi connectivity index (χ0) is 21.6. The number of imide groups is 1. The largest absolute Gasteiger partial charge is 0.355 e. The lowest BCUT2D eigenvalue weighted by molar-refractivity contribution is -0.135. The minimum absolute atomic E-state index is 0.00971. The van der Waals surface area contributed by atoms with Crippen LogP contribution in [0.25, 0.3) is 0 Å². The van der Waals surface area contributed by atoms with Gasteiger partial charge in [0.1, 0.15) is 6.04 Å². The van der Waals surface area contributed by atoms with Crippen LogP contribution in [-0.4, -0.2) is 59.1 Å². The molecule has 0 bridgehead atoms. The van der Waals surface area contributed by atoms with Gasteiger partial charge in [-0.2, -0.15) is 0 Å². The van der Waals surface area contributed by atoms with Crippen molar-refractivity contribution in [3.63, 3.8) is 0 Å². The quantitative estimate of drug-likeness (QED) is 0.766. The van der Waals surface area contributed by atoms with Crippen LogP contribution in [0.1, 0.15) is 39.1 Å². The average molecular weight is 417 g/mol. The Hall–Kier alpha value is -3.48.